The van der Waals surface area contributed by atoms with Crippen LogP contribution in [0.2, 0.25) is 0 Å². The van der Waals surface area contributed by atoms with Gasteiger partial charge in [-0.05, 0) is 49.4 Å². The average molecular weight is 362 g/mol. The molecular weight excluding hydrogens is 340 g/mol. The molecule has 1 aliphatic carbocycles. The van der Waals surface area contributed by atoms with Gasteiger partial charge in [0.1, 0.15) is 0 Å². The molecule has 5 heteroatoms. The zero-order chi connectivity index (χ0) is 19.2. The summed E-state index contributed by atoms with van der Waals surface area (Å²) in [7, 11) is 0. The molecule has 0 radical (unpaired) electrons. The minimum absolute atomic E-state index is 0.110. The van der Waals surface area contributed by atoms with Gasteiger partial charge in [-0.1, -0.05) is 36.4 Å². The smallest absolute Gasteiger partial charge is 0.338 e. The number of rotatable bonds is 7. The van der Waals surface area contributed by atoms with E-state index >= 15 is 0 Å². The van der Waals surface area contributed by atoms with Gasteiger partial charge in [0.15, 0.2) is 6.61 Å². The summed E-state index contributed by atoms with van der Waals surface area (Å²) < 4.78 is 5.22. The van der Waals surface area contributed by atoms with Gasteiger partial charge in [0.05, 0.1) is 17.2 Å². The van der Waals surface area contributed by atoms with Crippen molar-refractivity contribution >= 4 is 11.9 Å². The van der Waals surface area contributed by atoms with Crippen LogP contribution in [0.3, 0.4) is 0 Å². The number of benzene rings is 2. The maximum absolute atomic E-state index is 12.8. The Bertz CT molecular complexity index is 853. The van der Waals surface area contributed by atoms with Gasteiger partial charge in [-0.2, -0.15) is 5.26 Å². The largest absolute Gasteiger partial charge is 0.452 e. The number of carbonyl (C=O) groups excluding carboxylic acids is 2. The molecule has 1 unspecified atom stereocenters. The summed E-state index contributed by atoms with van der Waals surface area (Å²) in [4.78, 5) is 26.8. The Balaban J connectivity index is 1.65. The Morgan fingerprint density at radius 1 is 1.19 bits per heavy atom. The van der Waals surface area contributed by atoms with E-state index in [-0.39, 0.29) is 24.1 Å². The quantitative estimate of drug-likeness (QED) is 0.706. The summed E-state index contributed by atoms with van der Waals surface area (Å²) in [5, 5.41) is 8.93. The van der Waals surface area contributed by atoms with E-state index < -0.39 is 5.97 Å². The molecule has 0 bridgehead atoms. The first-order chi connectivity index (χ1) is 13.1. The highest BCUT2D eigenvalue weighted by Gasteiger charge is 2.34. The first kappa shape index (κ1) is 18.7. The van der Waals surface area contributed by atoms with Crippen molar-refractivity contribution in [3.63, 3.8) is 0 Å². The molecule has 1 fully saturated rings. The maximum atomic E-state index is 12.8. The van der Waals surface area contributed by atoms with E-state index in [1.165, 1.54) is 6.07 Å². The van der Waals surface area contributed by atoms with Crippen LogP contribution in [0.1, 0.15) is 41.3 Å². The van der Waals surface area contributed by atoms with Gasteiger partial charge in [0.25, 0.3) is 5.91 Å². The molecule has 1 saturated carbocycles. The number of esters is 1. The number of hydrogen-bond donors (Lipinski definition) is 0. The van der Waals surface area contributed by atoms with Gasteiger partial charge < -0.3 is 9.64 Å². The fourth-order valence-corrected chi connectivity index (χ4v) is 3.08. The highest BCUT2D eigenvalue weighted by atomic mass is 16.5. The second-order valence-electron chi connectivity index (χ2n) is 6.85. The molecule has 2 aromatic carbocycles. The molecule has 5 nitrogen and oxygen atoms in total. The third kappa shape index (κ3) is 4.95. The average Bonchev–Trinajstić information content (AvgIpc) is 3.55. The van der Waals surface area contributed by atoms with Gasteiger partial charge in [-0.15, -0.1) is 0 Å². The second-order valence-corrected chi connectivity index (χ2v) is 6.85. The molecule has 1 atom stereocenters. The van der Waals surface area contributed by atoms with Crippen LogP contribution in [0, 0.1) is 17.2 Å². The van der Waals surface area contributed by atoms with Crippen molar-refractivity contribution in [2.24, 2.45) is 5.92 Å². The Morgan fingerprint density at radius 3 is 2.59 bits per heavy atom. The summed E-state index contributed by atoms with van der Waals surface area (Å²) in [5.41, 5.74) is 1.70. The third-order valence-corrected chi connectivity index (χ3v) is 4.87. The van der Waals surface area contributed by atoms with Crippen molar-refractivity contribution in [1.82, 2.24) is 4.90 Å². The van der Waals surface area contributed by atoms with Crippen molar-refractivity contribution < 1.29 is 14.3 Å². The Labute approximate surface area is 159 Å². The van der Waals surface area contributed by atoms with Crippen LogP contribution in [-0.4, -0.2) is 29.4 Å². The molecule has 0 heterocycles. The monoisotopic (exact) mass is 362 g/mol. The molecule has 0 spiro atoms. The minimum Gasteiger partial charge on any atom is -0.452 e. The molecule has 0 saturated heterocycles. The van der Waals surface area contributed by atoms with E-state index in [0.717, 1.165) is 18.4 Å². The van der Waals surface area contributed by atoms with Crippen molar-refractivity contribution in [2.75, 3.05) is 6.61 Å². The lowest BCUT2D eigenvalue weighted by atomic mass is 10.1. The zero-order valence-corrected chi connectivity index (χ0v) is 15.3. The topological polar surface area (TPSA) is 70.4 Å². The highest BCUT2D eigenvalue weighted by Crippen LogP contribution is 2.35. The van der Waals surface area contributed by atoms with Crippen LogP contribution in [0.15, 0.2) is 54.6 Å². The lowest BCUT2D eigenvalue weighted by molar-refractivity contribution is -0.137. The number of carbonyl (C=O) groups is 2. The molecule has 1 amide bonds. The highest BCUT2D eigenvalue weighted by molar-refractivity contribution is 5.91. The van der Waals surface area contributed by atoms with Crippen molar-refractivity contribution in [1.29, 1.82) is 5.26 Å². The van der Waals surface area contributed by atoms with Crippen LogP contribution in [0.4, 0.5) is 0 Å². The maximum Gasteiger partial charge on any atom is 0.338 e. The van der Waals surface area contributed by atoms with E-state index in [1.54, 1.807) is 23.1 Å². The molecule has 0 aromatic heterocycles. The van der Waals surface area contributed by atoms with Crippen molar-refractivity contribution in [2.45, 2.75) is 32.4 Å². The van der Waals surface area contributed by atoms with Gasteiger partial charge in [0.2, 0.25) is 0 Å². The fourth-order valence-electron chi connectivity index (χ4n) is 3.08. The normalized spacial score (nSPS) is 14.1. The Kier molecular flexibility index (Phi) is 5.87. The predicted molar refractivity (Wildman–Crippen MR) is 101 cm³/mol. The lowest BCUT2D eigenvalue weighted by Gasteiger charge is -2.29. The fraction of sp³-hybridized carbons (Fsp3) is 0.318. The number of nitrogens with zero attached hydrogens (tertiary/aromatic N) is 2. The Morgan fingerprint density at radius 2 is 1.93 bits per heavy atom. The molecule has 0 N–H and O–H groups in total. The molecule has 1 aliphatic rings. The molecule has 138 valence electrons. The van der Waals surface area contributed by atoms with E-state index in [9.17, 15) is 9.59 Å². The van der Waals surface area contributed by atoms with Crippen LogP contribution in [-0.2, 0) is 16.1 Å². The van der Waals surface area contributed by atoms with Crippen molar-refractivity contribution in [3.05, 3.63) is 71.3 Å². The predicted octanol–water partition coefficient (Wildman–Crippen LogP) is 3.54. The first-order valence-corrected chi connectivity index (χ1v) is 9.09. The van der Waals surface area contributed by atoms with E-state index in [1.807, 2.05) is 36.4 Å². The zero-order valence-electron chi connectivity index (χ0n) is 15.3. The molecule has 3 rings (SSSR count). The van der Waals surface area contributed by atoms with Gasteiger partial charge in [-0.3, -0.25) is 4.79 Å². The number of amides is 1. The van der Waals surface area contributed by atoms with Gasteiger partial charge >= 0.3 is 5.97 Å². The first-order valence-electron chi connectivity index (χ1n) is 9.09. The SMILES string of the molecule is CC(C1CC1)N(Cc1ccccc1)C(=O)COC(=O)c1cccc(C#N)c1. The number of ether oxygens (including phenoxy) is 1. The number of nitriles is 1. The lowest BCUT2D eigenvalue weighted by Crippen LogP contribution is -2.41. The van der Waals surface area contributed by atoms with E-state index in [2.05, 4.69) is 6.92 Å². The number of hydrogen-bond acceptors (Lipinski definition) is 4. The molecule has 2 aromatic rings. The van der Waals surface area contributed by atoms with Crippen LogP contribution >= 0.6 is 0 Å². The van der Waals surface area contributed by atoms with Crippen molar-refractivity contribution in [3.8, 4) is 6.07 Å². The summed E-state index contributed by atoms with van der Waals surface area (Å²) in [5.74, 6) is -0.289. The van der Waals surface area contributed by atoms with E-state index in [0.29, 0.717) is 18.0 Å². The van der Waals surface area contributed by atoms with Gasteiger partial charge in [-0.25, -0.2) is 4.79 Å². The third-order valence-electron chi connectivity index (χ3n) is 4.87. The minimum atomic E-state index is -0.598. The summed E-state index contributed by atoms with van der Waals surface area (Å²) in [6.45, 7) is 2.25. The Hall–Kier alpha value is -3.13. The molecule has 27 heavy (non-hydrogen) atoms. The molecular formula is C22H22N2O3. The second kappa shape index (κ2) is 8.50. The van der Waals surface area contributed by atoms with Crippen LogP contribution in [0.5, 0.6) is 0 Å². The summed E-state index contributed by atoms with van der Waals surface area (Å²) in [6, 6.07) is 18.2. The summed E-state index contributed by atoms with van der Waals surface area (Å²) >= 11 is 0. The van der Waals surface area contributed by atoms with Gasteiger partial charge in [0, 0.05) is 12.6 Å². The van der Waals surface area contributed by atoms with Crippen LogP contribution in [0.25, 0.3) is 0 Å². The standard InChI is InChI=1S/C22H22N2O3/c1-16(19-10-11-19)24(14-17-6-3-2-4-7-17)21(25)15-27-22(26)20-9-5-8-18(12-20)13-23/h2-9,12,16,19H,10-11,14-15H2,1H3. The van der Waals surface area contributed by atoms with Crippen LogP contribution < -0.4 is 0 Å². The van der Waals surface area contributed by atoms with E-state index in [4.69, 9.17) is 10.00 Å². The molecule has 0 aliphatic heterocycles. The summed E-state index contributed by atoms with van der Waals surface area (Å²) in [6.07, 6.45) is 2.25.